The quantitative estimate of drug-likeness (QED) is 0.643. The number of hydrogen-bond acceptors (Lipinski definition) is 4. The Morgan fingerprint density at radius 1 is 1.00 bits per heavy atom. The van der Waals surface area contributed by atoms with E-state index in [1.807, 2.05) is 42.5 Å². The molecule has 1 aromatic heterocycles. The van der Waals surface area contributed by atoms with Crippen molar-refractivity contribution in [2.45, 2.75) is 6.92 Å². The minimum Gasteiger partial charge on any atom is -0.469 e. The van der Waals surface area contributed by atoms with Gasteiger partial charge < -0.3 is 9.15 Å². The van der Waals surface area contributed by atoms with Gasteiger partial charge in [-0.15, -0.1) is 0 Å². The molecule has 0 aliphatic carbocycles. The van der Waals surface area contributed by atoms with Gasteiger partial charge in [-0.2, -0.15) is 0 Å². The van der Waals surface area contributed by atoms with E-state index in [2.05, 4.69) is 4.74 Å². The lowest BCUT2D eigenvalue weighted by Crippen LogP contribution is -2.04. The van der Waals surface area contributed by atoms with E-state index in [-0.39, 0.29) is 11.4 Å². The molecule has 3 rings (SSSR count). The molecular weight excluding hydrogens is 280 g/mol. The summed E-state index contributed by atoms with van der Waals surface area (Å²) >= 11 is 0. The fourth-order valence-corrected chi connectivity index (χ4v) is 1.89. The van der Waals surface area contributed by atoms with Crippen molar-refractivity contribution in [2.24, 2.45) is 0 Å². The van der Waals surface area contributed by atoms with Crippen LogP contribution in [0.4, 0.5) is 0 Å². The third-order valence-corrected chi connectivity index (χ3v) is 3.05. The van der Waals surface area contributed by atoms with Crippen molar-refractivity contribution in [3.63, 3.8) is 0 Å². The number of hydrogen-bond donors (Lipinski definition) is 0. The van der Waals surface area contributed by atoms with Crippen molar-refractivity contribution in [2.75, 3.05) is 7.11 Å². The molecule has 0 fully saturated rings. The number of benzene rings is 2. The topological polar surface area (TPSA) is 56.5 Å². The van der Waals surface area contributed by atoms with E-state index < -0.39 is 0 Å². The normalized spacial score (nSPS) is 9.73. The van der Waals surface area contributed by atoms with Gasteiger partial charge in [0, 0.05) is 6.92 Å². The summed E-state index contributed by atoms with van der Waals surface area (Å²) < 4.78 is 9.59. The highest BCUT2D eigenvalue weighted by atomic mass is 16.5. The highest BCUT2D eigenvalue weighted by Gasteiger charge is 2.07. The van der Waals surface area contributed by atoms with E-state index in [1.165, 1.54) is 20.3 Å². The van der Waals surface area contributed by atoms with Gasteiger partial charge in [-0.25, -0.2) is 0 Å². The molecule has 0 unspecified atom stereocenters. The summed E-state index contributed by atoms with van der Waals surface area (Å²) in [6.45, 7) is 1.36. The molecule has 0 aliphatic rings. The molecule has 0 bridgehead atoms. The average Bonchev–Trinajstić information content (AvgIpc) is 2.57. The van der Waals surface area contributed by atoms with Crippen molar-refractivity contribution in [3.8, 4) is 11.1 Å². The maximum atomic E-state index is 12.3. The zero-order chi connectivity index (χ0) is 15.9. The Kier molecular flexibility index (Phi) is 5.09. The molecule has 0 atom stereocenters. The van der Waals surface area contributed by atoms with Gasteiger partial charge in [0.25, 0.3) is 0 Å². The first-order valence-electron chi connectivity index (χ1n) is 6.74. The Morgan fingerprint density at radius 3 is 2.23 bits per heavy atom. The first kappa shape index (κ1) is 15.5. The minimum absolute atomic E-state index is 0.0121. The minimum atomic E-state index is -0.245. The zero-order valence-electron chi connectivity index (χ0n) is 12.4. The van der Waals surface area contributed by atoms with E-state index in [0.717, 1.165) is 5.56 Å². The molecule has 0 aliphatic heterocycles. The molecular formula is C18H16O4. The predicted molar refractivity (Wildman–Crippen MR) is 85.6 cm³/mol. The number of carbonyl (C=O) groups is 1. The first-order chi connectivity index (χ1) is 10.6. The maximum Gasteiger partial charge on any atom is 0.302 e. The molecule has 4 heteroatoms. The highest BCUT2D eigenvalue weighted by molar-refractivity contribution is 5.81. The summed E-state index contributed by atoms with van der Waals surface area (Å²) in [6, 6.07) is 16.8. The Balaban J connectivity index is 0.000000309. The molecule has 4 nitrogen and oxygen atoms in total. The summed E-state index contributed by atoms with van der Waals surface area (Å²) in [6.07, 6.45) is 1.53. The van der Waals surface area contributed by atoms with Crippen molar-refractivity contribution in [1.82, 2.24) is 0 Å². The average molecular weight is 296 g/mol. The van der Waals surface area contributed by atoms with Crippen LogP contribution in [0.2, 0.25) is 0 Å². The highest BCUT2D eigenvalue weighted by Crippen LogP contribution is 2.18. The molecule has 1 heterocycles. The molecule has 0 N–H and O–H groups in total. The van der Waals surface area contributed by atoms with Crippen LogP contribution in [0.5, 0.6) is 0 Å². The molecule has 0 spiro atoms. The molecule has 0 radical (unpaired) electrons. The van der Waals surface area contributed by atoms with Crippen LogP contribution in [0.3, 0.4) is 0 Å². The second-order valence-corrected chi connectivity index (χ2v) is 4.54. The lowest BCUT2D eigenvalue weighted by Gasteiger charge is -2.01. The summed E-state index contributed by atoms with van der Waals surface area (Å²) in [5.74, 6) is -0.245. The molecule has 3 aromatic rings. The second-order valence-electron chi connectivity index (χ2n) is 4.54. The first-order valence-corrected chi connectivity index (χ1v) is 6.74. The van der Waals surface area contributed by atoms with Gasteiger partial charge in [-0.05, 0) is 17.7 Å². The van der Waals surface area contributed by atoms with E-state index in [1.54, 1.807) is 12.1 Å². The largest absolute Gasteiger partial charge is 0.469 e. The maximum absolute atomic E-state index is 12.3. The monoisotopic (exact) mass is 296 g/mol. The molecule has 0 amide bonds. The van der Waals surface area contributed by atoms with Crippen LogP contribution in [0.1, 0.15) is 6.92 Å². The summed E-state index contributed by atoms with van der Waals surface area (Å²) in [4.78, 5) is 21.9. The van der Waals surface area contributed by atoms with Gasteiger partial charge in [-0.1, -0.05) is 42.5 Å². The van der Waals surface area contributed by atoms with Crippen LogP contribution in [-0.4, -0.2) is 13.1 Å². The number of esters is 1. The second kappa shape index (κ2) is 7.22. The van der Waals surface area contributed by atoms with E-state index in [0.29, 0.717) is 16.5 Å². The lowest BCUT2D eigenvalue weighted by molar-refractivity contribution is -0.137. The Bertz CT molecular complexity index is 819. The zero-order valence-corrected chi connectivity index (χ0v) is 12.4. The van der Waals surface area contributed by atoms with Crippen molar-refractivity contribution >= 4 is 16.9 Å². The summed E-state index contributed by atoms with van der Waals surface area (Å²) in [5, 5.41) is 0.619. The van der Waals surface area contributed by atoms with Crippen LogP contribution in [0, 0.1) is 0 Å². The standard InChI is InChI=1S/C15H10O2.C3H6O2/c16-15-12-8-4-5-9-14(12)17-10-13(15)11-6-2-1-3-7-11;1-3(4)5-2/h1-10H;1-2H3. The van der Waals surface area contributed by atoms with Gasteiger partial charge >= 0.3 is 5.97 Å². The number of ether oxygens (including phenoxy) is 1. The van der Waals surface area contributed by atoms with E-state index in [9.17, 15) is 9.59 Å². The van der Waals surface area contributed by atoms with Gasteiger partial charge in [0.15, 0.2) is 5.43 Å². The van der Waals surface area contributed by atoms with E-state index >= 15 is 0 Å². The fourth-order valence-electron chi connectivity index (χ4n) is 1.89. The molecule has 2 aromatic carbocycles. The Hall–Kier alpha value is -2.88. The van der Waals surface area contributed by atoms with Crippen LogP contribution in [-0.2, 0) is 9.53 Å². The number of methoxy groups -OCH3 is 1. The fraction of sp³-hybridized carbons (Fsp3) is 0.111. The van der Waals surface area contributed by atoms with Crippen LogP contribution in [0.15, 0.2) is 70.1 Å². The van der Waals surface area contributed by atoms with Gasteiger partial charge in [0.05, 0.1) is 18.1 Å². The van der Waals surface area contributed by atoms with Crippen molar-refractivity contribution in [3.05, 3.63) is 71.1 Å². The number of carbonyl (C=O) groups excluding carboxylic acids is 1. The molecule has 22 heavy (non-hydrogen) atoms. The Labute approximate surface area is 128 Å². The Morgan fingerprint density at radius 2 is 1.59 bits per heavy atom. The number of rotatable bonds is 1. The number of para-hydroxylation sites is 1. The third kappa shape index (κ3) is 3.61. The predicted octanol–water partition coefficient (Wildman–Crippen LogP) is 3.64. The van der Waals surface area contributed by atoms with Gasteiger partial charge in [-0.3, -0.25) is 9.59 Å². The SMILES string of the molecule is COC(C)=O.O=c1c(-c2ccccc2)coc2ccccc12. The van der Waals surface area contributed by atoms with Crippen molar-refractivity contribution in [1.29, 1.82) is 0 Å². The van der Waals surface area contributed by atoms with Gasteiger partial charge in [0.2, 0.25) is 0 Å². The summed E-state index contributed by atoms with van der Waals surface area (Å²) in [5.41, 5.74) is 2.12. The molecule has 112 valence electrons. The summed E-state index contributed by atoms with van der Waals surface area (Å²) in [7, 11) is 1.35. The molecule has 0 saturated heterocycles. The number of fused-ring (bicyclic) bond motifs is 1. The molecule has 0 saturated carbocycles. The van der Waals surface area contributed by atoms with E-state index in [4.69, 9.17) is 4.42 Å². The van der Waals surface area contributed by atoms with Crippen molar-refractivity contribution < 1.29 is 13.9 Å². The third-order valence-electron chi connectivity index (χ3n) is 3.05. The van der Waals surface area contributed by atoms with Crippen LogP contribution < -0.4 is 5.43 Å². The smallest absolute Gasteiger partial charge is 0.302 e. The van der Waals surface area contributed by atoms with Crippen LogP contribution >= 0.6 is 0 Å². The lowest BCUT2D eigenvalue weighted by atomic mass is 10.1. The van der Waals surface area contributed by atoms with Gasteiger partial charge in [0.1, 0.15) is 11.8 Å². The van der Waals surface area contributed by atoms with Crippen LogP contribution in [0.25, 0.3) is 22.1 Å².